The van der Waals surface area contributed by atoms with Crippen LogP contribution in [0.3, 0.4) is 0 Å². The van der Waals surface area contributed by atoms with Gasteiger partial charge in [-0.15, -0.1) is 0 Å². The first-order valence-corrected chi connectivity index (χ1v) is 8.20. The summed E-state index contributed by atoms with van der Waals surface area (Å²) < 4.78 is 1.82. The van der Waals surface area contributed by atoms with E-state index in [9.17, 15) is 14.7 Å². The lowest BCUT2D eigenvalue weighted by molar-refractivity contribution is 0.0692. The third kappa shape index (κ3) is 3.11. The molecule has 2 aromatic carbocycles. The molecule has 0 atom stereocenters. The average Bonchev–Trinajstić information content (AvgIpc) is 2.96. The van der Waals surface area contributed by atoms with Gasteiger partial charge in [0.1, 0.15) is 0 Å². The number of benzene rings is 2. The Balaban J connectivity index is 2.30. The van der Waals surface area contributed by atoms with E-state index in [0.717, 1.165) is 16.8 Å². The Morgan fingerprint density at radius 1 is 1.04 bits per heavy atom. The summed E-state index contributed by atoms with van der Waals surface area (Å²) in [6, 6.07) is 19.3. The van der Waals surface area contributed by atoms with Gasteiger partial charge in [-0.2, -0.15) is 0 Å². The average molecular weight is 333 g/mol. The van der Waals surface area contributed by atoms with Crippen LogP contribution in [-0.4, -0.2) is 21.9 Å². The summed E-state index contributed by atoms with van der Waals surface area (Å²) >= 11 is 0. The van der Waals surface area contributed by atoms with Gasteiger partial charge in [0.15, 0.2) is 6.29 Å². The van der Waals surface area contributed by atoms with Gasteiger partial charge < -0.3 is 9.67 Å². The van der Waals surface area contributed by atoms with Crippen LogP contribution in [0.4, 0.5) is 0 Å². The van der Waals surface area contributed by atoms with Crippen molar-refractivity contribution < 1.29 is 14.7 Å². The predicted octanol–water partition coefficient (Wildman–Crippen LogP) is 4.28. The molecule has 0 bridgehead atoms. The van der Waals surface area contributed by atoms with Crippen molar-refractivity contribution >= 4 is 12.3 Å². The first kappa shape index (κ1) is 16.7. The zero-order valence-electron chi connectivity index (χ0n) is 14.0. The highest BCUT2D eigenvalue weighted by Gasteiger charge is 2.26. The minimum atomic E-state index is -1.07. The second kappa shape index (κ2) is 7.18. The molecular weight excluding hydrogens is 314 g/mol. The second-order valence-electron chi connectivity index (χ2n) is 5.80. The molecule has 0 saturated heterocycles. The van der Waals surface area contributed by atoms with Gasteiger partial charge in [0.05, 0.1) is 17.0 Å². The third-order valence-electron chi connectivity index (χ3n) is 4.31. The van der Waals surface area contributed by atoms with Crippen molar-refractivity contribution in [3.05, 3.63) is 83.0 Å². The van der Waals surface area contributed by atoms with E-state index in [1.54, 1.807) is 0 Å². The van der Waals surface area contributed by atoms with E-state index in [0.29, 0.717) is 24.8 Å². The molecule has 1 heterocycles. The molecule has 0 spiro atoms. The van der Waals surface area contributed by atoms with E-state index < -0.39 is 5.97 Å². The zero-order valence-corrected chi connectivity index (χ0v) is 14.0. The highest BCUT2D eigenvalue weighted by molar-refractivity contribution is 6.00. The van der Waals surface area contributed by atoms with E-state index in [1.807, 2.05) is 72.2 Å². The van der Waals surface area contributed by atoms with Crippen molar-refractivity contribution in [2.24, 2.45) is 0 Å². The van der Waals surface area contributed by atoms with Crippen LogP contribution in [0.15, 0.2) is 60.7 Å². The minimum absolute atomic E-state index is 0.104. The molecule has 0 unspecified atom stereocenters. The van der Waals surface area contributed by atoms with E-state index in [-0.39, 0.29) is 11.3 Å². The number of carbonyl (C=O) groups is 2. The van der Waals surface area contributed by atoms with Gasteiger partial charge in [-0.05, 0) is 23.1 Å². The minimum Gasteiger partial charge on any atom is -0.478 e. The van der Waals surface area contributed by atoms with E-state index in [2.05, 4.69) is 0 Å². The van der Waals surface area contributed by atoms with Crippen LogP contribution in [0.25, 0.3) is 11.3 Å². The first-order chi connectivity index (χ1) is 12.2. The van der Waals surface area contributed by atoms with Crippen molar-refractivity contribution in [1.82, 2.24) is 4.57 Å². The van der Waals surface area contributed by atoms with Gasteiger partial charge in [-0.25, -0.2) is 4.79 Å². The highest BCUT2D eigenvalue weighted by atomic mass is 16.4. The van der Waals surface area contributed by atoms with Gasteiger partial charge in [-0.1, -0.05) is 67.6 Å². The lowest BCUT2D eigenvalue weighted by atomic mass is 10.0. The maximum absolute atomic E-state index is 11.8. The monoisotopic (exact) mass is 333 g/mol. The fourth-order valence-corrected chi connectivity index (χ4v) is 3.25. The largest absolute Gasteiger partial charge is 0.478 e. The third-order valence-corrected chi connectivity index (χ3v) is 4.31. The maximum atomic E-state index is 11.8. The van der Waals surface area contributed by atoms with E-state index >= 15 is 0 Å². The molecule has 0 radical (unpaired) electrons. The fourth-order valence-electron chi connectivity index (χ4n) is 3.25. The topological polar surface area (TPSA) is 59.3 Å². The molecule has 0 aliphatic carbocycles. The Kier molecular flexibility index (Phi) is 4.80. The van der Waals surface area contributed by atoms with Crippen LogP contribution in [0.1, 0.15) is 38.9 Å². The van der Waals surface area contributed by atoms with E-state index in [4.69, 9.17) is 0 Å². The van der Waals surface area contributed by atoms with Gasteiger partial charge in [0.25, 0.3) is 0 Å². The number of hydrogen-bond donors (Lipinski definition) is 1. The van der Waals surface area contributed by atoms with Crippen LogP contribution in [0.5, 0.6) is 0 Å². The summed E-state index contributed by atoms with van der Waals surface area (Å²) in [6.07, 6.45) is 1.19. The van der Waals surface area contributed by atoms with Gasteiger partial charge >= 0.3 is 5.97 Å². The molecule has 0 fully saturated rings. The van der Waals surface area contributed by atoms with Crippen LogP contribution in [0, 0.1) is 0 Å². The number of aromatic carboxylic acids is 1. The Hall–Kier alpha value is -3.14. The smallest absolute Gasteiger partial charge is 0.338 e. The number of rotatable bonds is 6. The van der Waals surface area contributed by atoms with Crippen molar-refractivity contribution in [3.8, 4) is 11.3 Å². The second-order valence-corrected chi connectivity index (χ2v) is 5.80. The molecule has 126 valence electrons. The molecule has 0 amide bonds. The maximum Gasteiger partial charge on any atom is 0.338 e. The number of aromatic nitrogens is 1. The summed E-state index contributed by atoms with van der Waals surface area (Å²) in [5, 5.41) is 9.69. The van der Waals surface area contributed by atoms with Crippen molar-refractivity contribution in [1.29, 1.82) is 0 Å². The lowest BCUT2D eigenvalue weighted by Crippen LogP contribution is -2.08. The quantitative estimate of drug-likeness (QED) is 0.685. The Morgan fingerprint density at radius 3 is 2.16 bits per heavy atom. The molecule has 25 heavy (non-hydrogen) atoms. The molecule has 0 saturated carbocycles. The molecule has 4 nitrogen and oxygen atoms in total. The van der Waals surface area contributed by atoms with Crippen molar-refractivity contribution in [2.75, 3.05) is 0 Å². The lowest BCUT2D eigenvalue weighted by Gasteiger charge is -2.13. The number of carbonyl (C=O) groups excluding carboxylic acids is 1. The number of aldehydes is 1. The summed E-state index contributed by atoms with van der Waals surface area (Å²) in [7, 11) is 0. The molecule has 3 aromatic rings. The fraction of sp³-hybridized carbons (Fsp3) is 0.143. The van der Waals surface area contributed by atoms with Crippen LogP contribution in [0.2, 0.25) is 0 Å². The number of carboxylic acids is 1. The van der Waals surface area contributed by atoms with Crippen molar-refractivity contribution in [2.45, 2.75) is 19.9 Å². The molecule has 0 aliphatic heterocycles. The van der Waals surface area contributed by atoms with E-state index in [1.165, 1.54) is 0 Å². The number of hydrogen-bond acceptors (Lipinski definition) is 2. The summed E-state index contributed by atoms with van der Waals surface area (Å²) in [5.41, 5.74) is 3.73. The number of carboxylic acid groups (broad SMARTS) is 1. The van der Waals surface area contributed by atoms with Gasteiger partial charge in [-0.3, -0.25) is 4.79 Å². The van der Waals surface area contributed by atoms with Crippen LogP contribution in [-0.2, 0) is 13.0 Å². The SMILES string of the molecule is CCc1c(C(=O)O)c(C=O)n(Cc2ccccc2)c1-c1ccccc1. The Labute approximate surface area is 146 Å². The van der Waals surface area contributed by atoms with Gasteiger partial charge in [0, 0.05) is 6.54 Å². The predicted molar refractivity (Wildman–Crippen MR) is 97.1 cm³/mol. The van der Waals surface area contributed by atoms with Gasteiger partial charge in [0.2, 0.25) is 0 Å². The normalized spacial score (nSPS) is 10.6. The van der Waals surface area contributed by atoms with Crippen LogP contribution >= 0.6 is 0 Å². The Morgan fingerprint density at radius 2 is 1.64 bits per heavy atom. The summed E-state index contributed by atoms with van der Waals surface area (Å²) in [5.74, 6) is -1.07. The Bertz CT molecular complexity index is 896. The molecule has 1 aromatic heterocycles. The molecular formula is C21H19NO3. The molecule has 4 heteroatoms. The van der Waals surface area contributed by atoms with Crippen molar-refractivity contribution in [3.63, 3.8) is 0 Å². The highest BCUT2D eigenvalue weighted by Crippen LogP contribution is 2.32. The van der Waals surface area contributed by atoms with Crippen LogP contribution < -0.4 is 0 Å². The number of nitrogens with zero attached hydrogens (tertiary/aromatic N) is 1. The molecule has 1 N–H and O–H groups in total. The first-order valence-electron chi connectivity index (χ1n) is 8.20. The summed E-state index contributed by atoms with van der Waals surface area (Å²) in [4.78, 5) is 23.6. The summed E-state index contributed by atoms with van der Waals surface area (Å²) in [6.45, 7) is 2.36. The molecule has 3 rings (SSSR count). The standard InChI is InChI=1S/C21H19NO3/c1-2-17-19(21(24)25)18(14-23)22(13-15-9-5-3-6-10-15)20(17)16-11-7-4-8-12-16/h3-12,14H,2,13H2,1H3,(H,24,25). The molecule has 0 aliphatic rings. The zero-order chi connectivity index (χ0) is 17.8.